The predicted octanol–water partition coefficient (Wildman–Crippen LogP) is 14.0. The summed E-state index contributed by atoms with van der Waals surface area (Å²) in [7, 11) is 0. The molecule has 0 N–H and O–H groups in total. The predicted molar refractivity (Wildman–Crippen MR) is 168 cm³/mol. The van der Waals surface area contributed by atoms with E-state index in [9.17, 15) is 0 Å². The van der Waals surface area contributed by atoms with Gasteiger partial charge in [0.2, 0.25) is 0 Å². The molecule has 0 aromatic rings. The topological polar surface area (TPSA) is 0 Å². The van der Waals surface area contributed by atoms with Crippen molar-refractivity contribution in [3.8, 4) is 0 Å². The molecule has 0 heterocycles. The molecule has 218 valence electrons. The smallest absolute Gasteiger partial charge is 0.0357 e. The van der Waals surface area contributed by atoms with E-state index in [1.807, 2.05) is 0 Å². The Kier molecular flexibility index (Phi) is 28.0. The zero-order chi connectivity index (χ0) is 26.6. The van der Waals surface area contributed by atoms with Gasteiger partial charge in [0.1, 0.15) is 0 Å². The zero-order valence-corrected chi connectivity index (χ0v) is 26.6. The van der Waals surface area contributed by atoms with Gasteiger partial charge in [-0.3, -0.25) is 0 Å². The van der Waals surface area contributed by atoms with Gasteiger partial charge in [0.15, 0.2) is 0 Å². The Morgan fingerprint density at radius 1 is 0.389 bits per heavy atom. The van der Waals surface area contributed by atoms with Crippen LogP contribution in [0.15, 0.2) is 0 Å². The molecule has 0 spiro atoms. The lowest BCUT2D eigenvalue weighted by atomic mass is 9.84. The Morgan fingerprint density at radius 3 is 0.889 bits per heavy atom. The Labute approximate surface area is 232 Å². The second-order valence-corrected chi connectivity index (χ2v) is 13.4. The summed E-state index contributed by atoms with van der Waals surface area (Å²) in [5.74, 6) is 0.947. The molecule has 0 heteroatoms. The van der Waals surface area contributed by atoms with Gasteiger partial charge in [-0.05, 0) is 17.8 Å². The van der Waals surface area contributed by atoms with Crippen LogP contribution in [-0.4, -0.2) is 0 Å². The van der Waals surface area contributed by atoms with Crippen LogP contribution in [-0.2, 0) is 0 Å². The Bertz CT molecular complexity index is 395. The van der Waals surface area contributed by atoms with E-state index in [1.165, 1.54) is 186 Å². The van der Waals surface area contributed by atoms with Crippen LogP contribution in [0, 0.1) is 11.3 Å². The maximum atomic E-state index is 2.42. The van der Waals surface area contributed by atoms with E-state index in [0.717, 1.165) is 5.92 Å². The van der Waals surface area contributed by atoms with Crippen molar-refractivity contribution in [2.75, 3.05) is 0 Å². The monoisotopic (exact) mass is 507 g/mol. The molecule has 36 heavy (non-hydrogen) atoms. The van der Waals surface area contributed by atoms with Crippen LogP contribution in [0.5, 0.6) is 0 Å². The van der Waals surface area contributed by atoms with Crippen molar-refractivity contribution in [1.29, 1.82) is 0 Å². The van der Waals surface area contributed by atoms with E-state index < -0.39 is 0 Å². The van der Waals surface area contributed by atoms with E-state index in [1.54, 1.807) is 0 Å². The second-order valence-electron chi connectivity index (χ2n) is 13.4. The molecule has 0 saturated heterocycles. The highest BCUT2D eigenvalue weighted by atomic mass is 14.2. The van der Waals surface area contributed by atoms with Crippen molar-refractivity contribution < 1.29 is 0 Å². The second kappa shape index (κ2) is 28.0. The van der Waals surface area contributed by atoms with Gasteiger partial charge in [-0.15, -0.1) is 0 Å². The maximum Gasteiger partial charge on any atom is -0.0357 e. The molecule has 0 radical (unpaired) electrons. The Balaban J connectivity index is 3.08. The van der Waals surface area contributed by atoms with Crippen molar-refractivity contribution in [1.82, 2.24) is 0 Å². The number of hydrogen-bond acceptors (Lipinski definition) is 0. The van der Waals surface area contributed by atoms with E-state index >= 15 is 0 Å². The third-order valence-corrected chi connectivity index (χ3v) is 9.20. The summed E-state index contributed by atoms with van der Waals surface area (Å²) in [6, 6.07) is 0. The highest BCUT2D eigenvalue weighted by molar-refractivity contribution is 4.65. The fourth-order valence-electron chi connectivity index (χ4n) is 5.54. The molecule has 0 aromatic heterocycles. The molecule has 0 nitrogen and oxygen atoms in total. The Hall–Kier alpha value is 0. The molecule has 0 saturated carbocycles. The molecule has 0 aliphatic rings. The molecular formula is C36H74. The minimum absolute atomic E-state index is 0.575. The van der Waals surface area contributed by atoms with Crippen LogP contribution in [0.4, 0.5) is 0 Å². The first-order valence-corrected chi connectivity index (χ1v) is 17.5. The fourth-order valence-corrected chi connectivity index (χ4v) is 5.54. The zero-order valence-electron chi connectivity index (χ0n) is 26.6. The van der Waals surface area contributed by atoms with Crippen LogP contribution in [0.2, 0.25) is 0 Å². The van der Waals surface area contributed by atoms with E-state index in [-0.39, 0.29) is 0 Å². The van der Waals surface area contributed by atoms with Crippen molar-refractivity contribution in [2.24, 2.45) is 11.3 Å². The highest BCUT2D eigenvalue weighted by Gasteiger charge is 2.13. The molecule has 0 bridgehead atoms. The van der Waals surface area contributed by atoms with Crippen molar-refractivity contribution in [3.05, 3.63) is 0 Å². The van der Waals surface area contributed by atoms with Crippen LogP contribution in [0.3, 0.4) is 0 Å². The van der Waals surface area contributed by atoms with Gasteiger partial charge in [0, 0.05) is 0 Å². The third-order valence-electron chi connectivity index (χ3n) is 9.20. The Morgan fingerprint density at radius 2 is 0.639 bits per heavy atom. The minimum Gasteiger partial charge on any atom is -0.0651 e. The number of rotatable bonds is 30. The lowest BCUT2D eigenvalue weighted by Gasteiger charge is -2.22. The molecule has 1 unspecified atom stereocenters. The van der Waals surface area contributed by atoms with Gasteiger partial charge in [-0.25, -0.2) is 0 Å². The normalized spacial score (nSPS) is 12.9. The first-order chi connectivity index (χ1) is 17.5. The van der Waals surface area contributed by atoms with Crippen LogP contribution < -0.4 is 0 Å². The van der Waals surface area contributed by atoms with Crippen molar-refractivity contribution >= 4 is 0 Å². The molecule has 1 atom stereocenters. The van der Waals surface area contributed by atoms with Gasteiger partial charge in [0.05, 0.1) is 0 Å². The quantitative estimate of drug-likeness (QED) is 0.0849. The first-order valence-electron chi connectivity index (χ1n) is 17.5. The summed E-state index contributed by atoms with van der Waals surface area (Å²) in [6.45, 7) is 11.9. The van der Waals surface area contributed by atoms with E-state index in [0.29, 0.717) is 5.41 Å². The first kappa shape index (κ1) is 36.0. The minimum atomic E-state index is 0.575. The fraction of sp³-hybridized carbons (Fsp3) is 1.00. The standard InChI is InChI=1S/C36H74/c1-6-35(3)33-31-29-27-25-23-21-19-17-15-13-11-9-8-10-12-14-16-18-20-22-24-26-28-30-32-34-36(4,5)7-2/h35H,6-34H2,1-5H3. The van der Waals surface area contributed by atoms with Gasteiger partial charge in [0.25, 0.3) is 0 Å². The number of unbranched alkanes of at least 4 members (excludes halogenated alkanes) is 24. The average Bonchev–Trinajstić information content (AvgIpc) is 2.88. The average molecular weight is 507 g/mol. The van der Waals surface area contributed by atoms with Gasteiger partial charge < -0.3 is 0 Å². The summed E-state index contributed by atoms with van der Waals surface area (Å²) in [5.41, 5.74) is 0.575. The highest BCUT2D eigenvalue weighted by Crippen LogP contribution is 2.27. The molecule has 0 amide bonds. The maximum absolute atomic E-state index is 2.42. The molecule has 0 rings (SSSR count). The molecular weight excluding hydrogens is 432 g/mol. The SMILES string of the molecule is CCC(C)CCCCCCCCCCCCCCCCCCCCCCCCCCCC(C)(C)CC. The summed E-state index contributed by atoms with van der Waals surface area (Å²) < 4.78 is 0. The number of hydrogen-bond donors (Lipinski definition) is 0. The van der Waals surface area contributed by atoms with Crippen LogP contribution in [0.25, 0.3) is 0 Å². The van der Waals surface area contributed by atoms with E-state index in [2.05, 4.69) is 34.6 Å². The van der Waals surface area contributed by atoms with Crippen LogP contribution >= 0.6 is 0 Å². The lowest BCUT2D eigenvalue weighted by molar-refractivity contribution is 0.307. The van der Waals surface area contributed by atoms with Crippen molar-refractivity contribution in [3.63, 3.8) is 0 Å². The summed E-state index contributed by atoms with van der Waals surface area (Å²) in [5, 5.41) is 0. The van der Waals surface area contributed by atoms with E-state index in [4.69, 9.17) is 0 Å². The molecule has 0 aliphatic carbocycles. The van der Waals surface area contributed by atoms with Crippen molar-refractivity contribution in [2.45, 2.75) is 221 Å². The summed E-state index contributed by atoms with van der Waals surface area (Å²) >= 11 is 0. The molecule has 0 aliphatic heterocycles. The van der Waals surface area contributed by atoms with Crippen LogP contribution in [0.1, 0.15) is 221 Å². The van der Waals surface area contributed by atoms with Gasteiger partial charge in [-0.2, -0.15) is 0 Å². The van der Waals surface area contributed by atoms with Gasteiger partial charge in [-0.1, -0.05) is 214 Å². The summed E-state index contributed by atoms with van der Waals surface area (Å²) in [6.07, 6.45) is 42.6. The lowest BCUT2D eigenvalue weighted by Crippen LogP contribution is -2.08. The molecule has 0 fully saturated rings. The molecule has 0 aromatic carbocycles. The largest absolute Gasteiger partial charge is 0.0651 e. The third kappa shape index (κ3) is 28.6. The van der Waals surface area contributed by atoms with Gasteiger partial charge >= 0.3 is 0 Å². The summed E-state index contributed by atoms with van der Waals surface area (Å²) in [4.78, 5) is 0.